The van der Waals surface area contributed by atoms with E-state index in [2.05, 4.69) is 46.9 Å². The van der Waals surface area contributed by atoms with Crippen molar-refractivity contribution in [2.24, 2.45) is 4.99 Å². The molecule has 0 saturated carbocycles. The summed E-state index contributed by atoms with van der Waals surface area (Å²) in [4.78, 5) is 6.50. The van der Waals surface area contributed by atoms with Gasteiger partial charge in [0.05, 0.1) is 36.9 Å². The van der Waals surface area contributed by atoms with Crippen molar-refractivity contribution in [1.82, 2.24) is 4.90 Å². The van der Waals surface area contributed by atoms with Crippen LogP contribution in [-0.2, 0) is 21.7 Å². The van der Waals surface area contributed by atoms with E-state index in [1.807, 2.05) is 36.2 Å². The summed E-state index contributed by atoms with van der Waals surface area (Å²) in [6.07, 6.45) is 1.80. The van der Waals surface area contributed by atoms with Crippen molar-refractivity contribution in [2.75, 3.05) is 26.8 Å². The maximum absolute atomic E-state index is 6.52. The molecule has 1 heterocycles. The standard InChI is InChI=1S/C21H24BrClN2O2/c1-4-25(3)14-24-20-8-15(2)18(10-19(20)23)21(12-26-13-21)27-11-16-6-5-7-17(22)9-16/h5-10,14H,4,11-13H2,1-3H3. The number of hydrogen-bond acceptors (Lipinski definition) is 3. The molecule has 0 bridgehead atoms. The first kappa shape index (κ1) is 20.3. The van der Waals surface area contributed by atoms with Crippen molar-refractivity contribution in [1.29, 1.82) is 0 Å². The third-order valence-corrected chi connectivity index (χ3v) is 5.55. The van der Waals surface area contributed by atoms with Crippen LogP contribution in [0.5, 0.6) is 0 Å². The highest BCUT2D eigenvalue weighted by Crippen LogP contribution is 2.40. The van der Waals surface area contributed by atoms with E-state index < -0.39 is 5.60 Å². The van der Waals surface area contributed by atoms with Crippen LogP contribution in [0.4, 0.5) is 5.69 Å². The molecule has 1 aliphatic heterocycles. The molecule has 4 nitrogen and oxygen atoms in total. The Labute approximate surface area is 174 Å². The van der Waals surface area contributed by atoms with Crippen LogP contribution in [-0.4, -0.2) is 38.0 Å². The van der Waals surface area contributed by atoms with Crippen LogP contribution in [0.15, 0.2) is 45.9 Å². The molecule has 0 spiro atoms. The van der Waals surface area contributed by atoms with E-state index in [1.165, 1.54) is 0 Å². The fraction of sp³-hybridized carbons (Fsp3) is 0.381. The minimum absolute atomic E-state index is 0.460. The van der Waals surface area contributed by atoms with E-state index in [4.69, 9.17) is 21.1 Å². The highest BCUT2D eigenvalue weighted by atomic mass is 79.9. The molecule has 0 atom stereocenters. The fourth-order valence-corrected chi connectivity index (χ4v) is 3.61. The van der Waals surface area contributed by atoms with Crippen molar-refractivity contribution >= 4 is 39.6 Å². The molecule has 0 unspecified atom stereocenters. The number of halogens is 2. The first-order valence-electron chi connectivity index (χ1n) is 8.95. The largest absolute Gasteiger partial charge is 0.375 e. The molecule has 1 fully saturated rings. The zero-order valence-corrected chi connectivity index (χ0v) is 18.2. The van der Waals surface area contributed by atoms with Crippen molar-refractivity contribution in [2.45, 2.75) is 26.1 Å². The summed E-state index contributed by atoms with van der Waals surface area (Å²) in [6, 6.07) is 12.1. The molecule has 0 aliphatic carbocycles. The lowest BCUT2D eigenvalue weighted by molar-refractivity contribution is -0.223. The van der Waals surface area contributed by atoms with Gasteiger partial charge in [0.2, 0.25) is 0 Å². The first-order chi connectivity index (χ1) is 12.9. The quantitative estimate of drug-likeness (QED) is 0.414. The van der Waals surface area contributed by atoms with Gasteiger partial charge in [0, 0.05) is 18.1 Å². The molecule has 1 saturated heterocycles. The van der Waals surface area contributed by atoms with Gasteiger partial charge in [-0.3, -0.25) is 0 Å². The highest BCUT2D eigenvalue weighted by Gasteiger charge is 2.43. The molecule has 0 N–H and O–H groups in total. The number of ether oxygens (including phenoxy) is 2. The lowest BCUT2D eigenvalue weighted by Gasteiger charge is -2.42. The van der Waals surface area contributed by atoms with Crippen LogP contribution >= 0.6 is 27.5 Å². The summed E-state index contributed by atoms with van der Waals surface area (Å²) in [5.74, 6) is 0. The SMILES string of the molecule is CCN(C)C=Nc1cc(C)c(C2(OCc3cccc(Br)c3)COC2)cc1Cl. The van der Waals surface area contributed by atoms with Crippen LogP contribution < -0.4 is 0 Å². The van der Waals surface area contributed by atoms with Gasteiger partial charge >= 0.3 is 0 Å². The highest BCUT2D eigenvalue weighted by molar-refractivity contribution is 9.10. The van der Waals surface area contributed by atoms with Crippen molar-refractivity contribution < 1.29 is 9.47 Å². The van der Waals surface area contributed by atoms with Gasteiger partial charge in [-0.1, -0.05) is 39.7 Å². The molecule has 144 valence electrons. The fourth-order valence-electron chi connectivity index (χ4n) is 2.95. The molecular formula is C21H24BrClN2O2. The van der Waals surface area contributed by atoms with E-state index in [1.54, 1.807) is 6.34 Å². The average molecular weight is 452 g/mol. The topological polar surface area (TPSA) is 34.1 Å². The van der Waals surface area contributed by atoms with Gasteiger partial charge in [0.15, 0.2) is 0 Å². The van der Waals surface area contributed by atoms with Crippen LogP contribution in [0.3, 0.4) is 0 Å². The van der Waals surface area contributed by atoms with Crippen molar-refractivity contribution in [3.05, 3.63) is 62.6 Å². The first-order valence-corrected chi connectivity index (χ1v) is 10.1. The Morgan fingerprint density at radius 2 is 2.11 bits per heavy atom. The Hall–Kier alpha value is -1.40. The van der Waals surface area contributed by atoms with Crippen LogP contribution in [0.1, 0.15) is 23.6 Å². The number of rotatable bonds is 7. The van der Waals surface area contributed by atoms with Crippen molar-refractivity contribution in [3.8, 4) is 0 Å². The Morgan fingerprint density at radius 1 is 1.33 bits per heavy atom. The van der Waals surface area contributed by atoms with Gasteiger partial charge in [-0.2, -0.15) is 0 Å². The molecule has 2 aromatic carbocycles. The monoisotopic (exact) mass is 450 g/mol. The lowest BCUT2D eigenvalue weighted by atomic mass is 9.88. The summed E-state index contributed by atoms with van der Waals surface area (Å²) in [6.45, 7) is 6.60. The zero-order chi connectivity index (χ0) is 19.4. The van der Waals surface area contributed by atoms with Gasteiger partial charge in [0.25, 0.3) is 0 Å². The summed E-state index contributed by atoms with van der Waals surface area (Å²) < 4.78 is 12.9. The van der Waals surface area contributed by atoms with E-state index in [-0.39, 0.29) is 0 Å². The Morgan fingerprint density at radius 3 is 2.74 bits per heavy atom. The second kappa shape index (κ2) is 8.74. The van der Waals surface area contributed by atoms with E-state index in [9.17, 15) is 0 Å². The summed E-state index contributed by atoms with van der Waals surface area (Å²) >= 11 is 10.0. The van der Waals surface area contributed by atoms with Gasteiger partial charge in [0.1, 0.15) is 5.60 Å². The normalized spacial score (nSPS) is 15.7. The van der Waals surface area contributed by atoms with Gasteiger partial charge in [-0.25, -0.2) is 4.99 Å². The molecule has 6 heteroatoms. The second-order valence-electron chi connectivity index (χ2n) is 6.84. The smallest absolute Gasteiger partial charge is 0.140 e. The molecule has 3 rings (SSSR count). The average Bonchev–Trinajstić information content (AvgIpc) is 2.61. The van der Waals surface area contributed by atoms with E-state index >= 15 is 0 Å². The molecule has 0 aromatic heterocycles. The molecule has 0 amide bonds. The lowest BCUT2D eigenvalue weighted by Crippen LogP contribution is -2.49. The van der Waals surface area contributed by atoms with Gasteiger partial charge in [-0.15, -0.1) is 0 Å². The van der Waals surface area contributed by atoms with E-state index in [0.29, 0.717) is 24.8 Å². The maximum atomic E-state index is 6.52. The summed E-state index contributed by atoms with van der Waals surface area (Å²) in [5.41, 5.74) is 3.59. The van der Waals surface area contributed by atoms with Crippen LogP contribution in [0, 0.1) is 6.92 Å². The Balaban J connectivity index is 1.82. The molecule has 2 aromatic rings. The molecule has 0 radical (unpaired) electrons. The summed E-state index contributed by atoms with van der Waals surface area (Å²) in [5, 5.41) is 0.619. The number of benzene rings is 2. The predicted molar refractivity (Wildman–Crippen MR) is 114 cm³/mol. The molecule has 27 heavy (non-hydrogen) atoms. The Kier molecular flexibility index (Phi) is 6.58. The number of aryl methyl sites for hydroxylation is 1. The minimum atomic E-state index is -0.460. The number of nitrogens with zero attached hydrogens (tertiary/aromatic N) is 2. The number of aliphatic imine (C=N–C) groups is 1. The predicted octanol–water partition coefficient (Wildman–Crippen LogP) is 5.46. The van der Waals surface area contributed by atoms with Crippen molar-refractivity contribution in [3.63, 3.8) is 0 Å². The third-order valence-electron chi connectivity index (χ3n) is 4.75. The zero-order valence-electron chi connectivity index (χ0n) is 15.8. The number of hydrogen-bond donors (Lipinski definition) is 0. The van der Waals surface area contributed by atoms with Gasteiger partial charge in [-0.05, 0) is 54.8 Å². The third kappa shape index (κ3) is 4.72. The van der Waals surface area contributed by atoms with E-state index in [0.717, 1.165) is 33.4 Å². The minimum Gasteiger partial charge on any atom is -0.375 e. The van der Waals surface area contributed by atoms with Crippen LogP contribution in [0.25, 0.3) is 0 Å². The van der Waals surface area contributed by atoms with Gasteiger partial charge < -0.3 is 14.4 Å². The molecular weight excluding hydrogens is 428 g/mol. The Bertz CT molecular complexity index is 837. The maximum Gasteiger partial charge on any atom is 0.140 e. The molecule has 1 aliphatic rings. The van der Waals surface area contributed by atoms with Crippen LogP contribution in [0.2, 0.25) is 5.02 Å². The second-order valence-corrected chi connectivity index (χ2v) is 8.16. The summed E-state index contributed by atoms with van der Waals surface area (Å²) in [7, 11) is 1.98.